The topological polar surface area (TPSA) is 108 Å². The Kier molecular flexibility index (Phi) is 5.84. The van der Waals surface area contributed by atoms with Crippen LogP contribution in [0, 0.1) is 0 Å². The Balaban J connectivity index is 1.36. The molecule has 5 heterocycles. The van der Waals surface area contributed by atoms with E-state index < -0.39 is 0 Å². The summed E-state index contributed by atoms with van der Waals surface area (Å²) in [4.78, 5) is 33.8. The molecule has 4 aromatic heterocycles. The van der Waals surface area contributed by atoms with Crippen LogP contribution in [0.1, 0.15) is 19.8 Å². The minimum absolute atomic E-state index is 0.128. The Labute approximate surface area is 213 Å². The van der Waals surface area contributed by atoms with Crippen molar-refractivity contribution < 1.29 is 4.74 Å². The first-order chi connectivity index (χ1) is 18.0. The van der Waals surface area contributed by atoms with Crippen LogP contribution in [0.2, 0.25) is 0 Å². The maximum Gasteiger partial charge on any atom is 0.278 e. The Morgan fingerprint density at radius 3 is 2.73 bits per heavy atom. The molecule has 6 rings (SSSR count). The smallest absolute Gasteiger partial charge is 0.278 e. The van der Waals surface area contributed by atoms with Crippen molar-refractivity contribution in [1.82, 2.24) is 38.8 Å². The molecule has 190 valence electrons. The van der Waals surface area contributed by atoms with E-state index in [-0.39, 0.29) is 11.7 Å². The van der Waals surface area contributed by atoms with Crippen LogP contribution in [0.15, 0.2) is 53.7 Å². The van der Waals surface area contributed by atoms with Gasteiger partial charge in [-0.2, -0.15) is 9.97 Å². The van der Waals surface area contributed by atoms with Crippen molar-refractivity contribution in [2.24, 2.45) is 7.05 Å². The van der Waals surface area contributed by atoms with Gasteiger partial charge < -0.3 is 19.5 Å². The van der Waals surface area contributed by atoms with Crippen molar-refractivity contribution in [3.05, 3.63) is 59.3 Å². The van der Waals surface area contributed by atoms with Gasteiger partial charge in [0, 0.05) is 44.6 Å². The van der Waals surface area contributed by atoms with Gasteiger partial charge in [0.2, 0.25) is 11.8 Å². The lowest BCUT2D eigenvalue weighted by Crippen LogP contribution is -2.35. The maximum atomic E-state index is 13.2. The van der Waals surface area contributed by atoms with Gasteiger partial charge in [-0.15, -0.1) is 0 Å². The first kappa shape index (κ1) is 23.2. The highest BCUT2D eigenvalue weighted by Gasteiger charge is 2.21. The van der Waals surface area contributed by atoms with Crippen LogP contribution in [0.4, 0.5) is 11.6 Å². The lowest BCUT2D eigenvalue weighted by molar-refractivity contribution is 0.110. The van der Waals surface area contributed by atoms with Gasteiger partial charge in [0.05, 0.1) is 17.4 Å². The molecule has 1 aromatic carbocycles. The number of piperidine rings is 1. The fourth-order valence-electron chi connectivity index (χ4n) is 4.81. The van der Waals surface area contributed by atoms with Crippen molar-refractivity contribution in [3.8, 4) is 11.7 Å². The molecule has 1 aliphatic heterocycles. The number of ether oxygens (including phenoxy) is 1. The minimum atomic E-state index is -0.164. The summed E-state index contributed by atoms with van der Waals surface area (Å²) < 4.78 is 11.5. The van der Waals surface area contributed by atoms with Gasteiger partial charge in [-0.05, 0) is 51.1 Å². The van der Waals surface area contributed by atoms with Gasteiger partial charge in [0.15, 0.2) is 11.5 Å². The number of fused-ring (bicyclic) bond motifs is 2. The number of hydrogen-bond acceptors (Lipinski definition) is 8. The molecule has 37 heavy (non-hydrogen) atoms. The number of aryl methyl sites for hydroxylation is 1. The summed E-state index contributed by atoms with van der Waals surface area (Å²) in [5.41, 5.74) is 3.02. The predicted octanol–water partition coefficient (Wildman–Crippen LogP) is 3.10. The third kappa shape index (κ3) is 4.31. The minimum Gasteiger partial charge on any atom is -0.474 e. The van der Waals surface area contributed by atoms with Crippen molar-refractivity contribution in [1.29, 1.82) is 0 Å². The fourth-order valence-corrected chi connectivity index (χ4v) is 4.81. The van der Waals surface area contributed by atoms with E-state index in [0.717, 1.165) is 42.7 Å². The highest BCUT2D eigenvalue weighted by atomic mass is 16.5. The molecule has 1 saturated heterocycles. The molecule has 0 bridgehead atoms. The SMILES string of the molecule is CCn1c(=O)c2cnc(Nc3ccc4c(c3)ncn4C)nc2n1-c1cccc(OC2CCN(C)CC2)n1. The van der Waals surface area contributed by atoms with E-state index in [0.29, 0.717) is 35.2 Å². The third-order valence-corrected chi connectivity index (χ3v) is 6.84. The van der Waals surface area contributed by atoms with Crippen molar-refractivity contribution >= 4 is 33.7 Å². The molecule has 0 atom stereocenters. The van der Waals surface area contributed by atoms with Crippen LogP contribution in [0.3, 0.4) is 0 Å². The second-order valence-electron chi connectivity index (χ2n) is 9.40. The molecule has 0 radical (unpaired) electrons. The average molecular weight is 500 g/mol. The summed E-state index contributed by atoms with van der Waals surface area (Å²) in [5.74, 6) is 1.49. The number of imidazole rings is 1. The quantitative estimate of drug-likeness (QED) is 0.380. The van der Waals surface area contributed by atoms with Crippen LogP contribution < -0.4 is 15.6 Å². The largest absolute Gasteiger partial charge is 0.474 e. The van der Waals surface area contributed by atoms with E-state index in [1.54, 1.807) is 21.9 Å². The summed E-state index contributed by atoms with van der Waals surface area (Å²) >= 11 is 0. The van der Waals surface area contributed by atoms with E-state index >= 15 is 0 Å². The summed E-state index contributed by atoms with van der Waals surface area (Å²) in [5, 5.41) is 3.67. The first-order valence-corrected chi connectivity index (χ1v) is 12.5. The van der Waals surface area contributed by atoms with E-state index in [9.17, 15) is 4.79 Å². The molecular weight excluding hydrogens is 470 g/mol. The Hall–Kier alpha value is -4.25. The van der Waals surface area contributed by atoms with Gasteiger partial charge in [-0.25, -0.2) is 19.3 Å². The van der Waals surface area contributed by atoms with Gasteiger partial charge in [-0.3, -0.25) is 4.79 Å². The fraction of sp³-hybridized carbons (Fsp3) is 0.346. The highest BCUT2D eigenvalue weighted by molar-refractivity contribution is 5.81. The van der Waals surface area contributed by atoms with Gasteiger partial charge in [0.1, 0.15) is 11.5 Å². The van der Waals surface area contributed by atoms with Crippen LogP contribution >= 0.6 is 0 Å². The summed E-state index contributed by atoms with van der Waals surface area (Å²) in [7, 11) is 4.08. The van der Waals surface area contributed by atoms with E-state index in [1.165, 1.54) is 0 Å². The first-order valence-electron chi connectivity index (χ1n) is 12.5. The number of hydrogen-bond donors (Lipinski definition) is 1. The predicted molar refractivity (Wildman–Crippen MR) is 142 cm³/mol. The number of likely N-dealkylation sites (tertiary alicyclic amines) is 1. The zero-order valence-corrected chi connectivity index (χ0v) is 21.1. The van der Waals surface area contributed by atoms with Crippen molar-refractivity contribution in [2.75, 3.05) is 25.5 Å². The van der Waals surface area contributed by atoms with E-state index in [4.69, 9.17) is 14.7 Å². The zero-order valence-electron chi connectivity index (χ0n) is 21.1. The van der Waals surface area contributed by atoms with Crippen molar-refractivity contribution in [3.63, 3.8) is 0 Å². The Morgan fingerprint density at radius 2 is 1.92 bits per heavy atom. The number of rotatable bonds is 6. The number of nitrogens with one attached hydrogen (secondary N) is 1. The Morgan fingerprint density at radius 1 is 1.08 bits per heavy atom. The Bertz CT molecular complexity index is 1640. The monoisotopic (exact) mass is 499 g/mol. The van der Waals surface area contributed by atoms with Crippen LogP contribution in [0.5, 0.6) is 5.88 Å². The number of pyridine rings is 1. The summed E-state index contributed by atoms with van der Waals surface area (Å²) in [6, 6.07) is 11.5. The van der Waals surface area contributed by atoms with Crippen LogP contribution in [-0.4, -0.2) is 65.0 Å². The normalized spacial score (nSPS) is 15.0. The number of anilines is 2. The standard InChI is InChI=1S/C26H29N9O2/c1-4-34-25(36)19-15-27-26(29-17-8-9-21-20(14-17)28-16-33(21)3)31-24(19)35(34)22-6-5-7-23(30-22)37-18-10-12-32(2)13-11-18/h5-9,14-16,18H,4,10-13H2,1-3H3,(H,27,29,31). The molecule has 0 unspecified atom stereocenters. The molecule has 1 fully saturated rings. The second kappa shape index (κ2) is 9.32. The van der Waals surface area contributed by atoms with Crippen molar-refractivity contribution in [2.45, 2.75) is 32.4 Å². The molecule has 0 aliphatic carbocycles. The number of benzene rings is 1. The highest BCUT2D eigenvalue weighted by Crippen LogP contribution is 2.23. The molecule has 0 spiro atoms. The molecule has 0 saturated carbocycles. The number of nitrogens with zero attached hydrogens (tertiary/aromatic N) is 8. The number of aromatic nitrogens is 7. The summed E-state index contributed by atoms with van der Waals surface area (Å²) in [6.45, 7) is 4.38. The molecule has 1 N–H and O–H groups in total. The van der Waals surface area contributed by atoms with E-state index in [1.807, 2.05) is 54.9 Å². The van der Waals surface area contributed by atoms with Crippen LogP contribution in [-0.2, 0) is 13.6 Å². The molecular formula is C26H29N9O2. The molecule has 11 nitrogen and oxygen atoms in total. The molecule has 1 aliphatic rings. The van der Waals surface area contributed by atoms with E-state index in [2.05, 4.69) is 27.2 Å². The van der Waals surface area contributed by atoms with Crippen LogP contribution in [0.25, 0.3) is 27.9 Å². The van der Waals surface area contributed by atoms with Gasteiger partial charge >= 0.3 is 0 Å². The van der Waals surface area contributed by atoms with Gasteiger partial charge in [0.25, 0.3) is 5.56 Å². The lowest BCUT2D eigenvalue weighted by Gasteiger charge is -2.29. The lowest BCUT2D eigenvalue weighted by atomic mass is 10.1. The molecule has 5 aromatic rings. The summed E-state index contributed by atoms with van der Waals surface area (Å²) in [6.07, 6.45) is 5.39. The maximum absolute atomic E-state index is 13.2. The second-order valence-corrected chi connectivity index (χ2v) is 9.40. The van der Waals surface area contributed by atoms with Gasteiger partial charge in [-0.1, -0.05) is 6.07 Å². The molecule has 0 amide bonds. The molecule has 11 heteroatoms. The zero-order chi connectivity index (χ0) is 25.5. The average Bonchev–Trinajstić information content (AvgIpc) is 3.41. The third-order valence-electron chi connectivity index (χ3n) is 6.84.